The van der Waals surface area contributed by atoms with Crippen molar-refractivity contribution >= 4 is 22.5 Å². The topological polar surface area (TPSA) is 25.8 Å². The van der Waals surface area contributed by atoms with Crippen LogP contribution in [0.2, 0.25) is 5.15 Å². The predicted octanol–water partition coefficient (Wildman–Crippen LogP) is 4.75. The van der Waals surface area contributed by atoms with Crippen molar-refractivity contribution in [3.05, 3.63) is 58.2 Å². The summed E-state index contributed by atoms with van der Waals surface area (Å²) in [5.74, 6) is 0.716. The molecule has 0 bridgehead atoms. The molecule has 3 aromatic rings. The van der Waals surface area contributed by atoms with E-state index in [1.165, 1.54) is 24.0 Å². The lowest BCUT2D eigenvalue weighted by Crippen LogP contribution is -1.94. The third kappa shape index (κ3) is 2.11. The standard InChI is InChI=1S/C18H15ClN2/c1-11-4-2-7-15-16(11)17(19)21-18(20-15)14-9-8-12-5-3-6-13(12)10-14/h2,4,7-10H,3,5-6H2,1H3. The number of halogens is 1. The van der Waals surface area contributed by atoms with E-state index in [4.69, 9.17) is 16.6 Å². The first kappa shape index (κ1) is 12.8. The maximum Gasteiger partial charge on any atom is 0.161 e. The third-order valence-corrected chi connectivity index (χ3v) is 4.52. The van der Waals surface area contributed by atoms with E-state index in [-0.39, 0.29) is 0 Å². The van der Waals surface area contributed by atoms with Crippen LogP contribution in [0.25, 0.3) is 22.3 Å². The van der Waals surface area contributed by atoms with E-state index in [0.29, 0.717) is 11.0 Å². The molecule has 0 amide bonds. The third-order valence-electron chi connectivity index (χ3n) is 4.24. The molecule has 2 aromatic carbocycles. The smallest absolute Gasteiger partial charge is 0.161 e. The van der Waals surface area contributed by atoms with Gasteiger partial charge in [0.25, 0.3) is 0 Å². The first-order valence-corrected chi connectivity index (χ1v) is 7.65. The molecule has 2 nitrogen and oxygen atoms in total. The van der Waals surface area contributed by atoms with Crippen molar-refractivity contribution in [3.8, 4) is 11.4 Å². The van der Waals surface area contributed by atoms with Crippen molar-refractivity contribution in [2.24, 2.45) is 0 Å². The summed E-state index contributed by atoms with van der Waals surface area (Å²) in [6, 6.07) is 12.6. The Kier molecular flexibility index (Phi) is 2.93. The molecule has 21 heavy (non-hydrogen) atoms. The van der Waals surface area contributed by atoms with Crippen LogP contribution in [0.5, 0.6) is 0 Å². The minimum Gasteiger partial charge on any atom is -0.228 e. The molecule has 1 aliphatic carbocycles. The van der Waals surface area contributed by atoms with E-state index in [1.807, 2.05) is 25.1 Å². The van der Waals surface area contributed by atoms with Crippen LogP contribution in [0.4, 0.5) is 0 Å². The molecule has 1 aromatic heterocycles. The number of hydrogen-bond donors (Lipinski definition) is 0. The molecule has 0 N–H and O–H groups in total. The average Bonchev–Trinajstić information content (AvgIpc) is 2.94. The van der Waals surface area contributed by atoms with Crippen molar-refractivity contribution in [1.82, 2.24) is 9.97 Å². The zero-order chi connectivity index (χ0) is 14.4. The SMILES string of the molecule is Cc1cccc2nc(-c3ccc4c(c3)CCC4)nc(Cl)c12. The normalized spacial score (nSPS) is 13.6. The molecule has 0 aliphatic heterocycles. The molecule has 0 saturated carbocycles. The fourth-order valence-corrected chi connectivity index (χ4v) is 3.47. The summed E-state index contributed by atoms with van der Waals surface area (Å²) in [6.07, 6.45) is 3.59. The summed E-state index contributed by atoms with van der Waals surface area (Å²) in [5.41, 5.74) is 5.96. The first-order chi connectivity index (χ1) is 10.2. The van der Waals surface area contributed by atoms with Crippen LogP contribution in [-0.4, -0.2) is 9.97 Å². The highest BCUT2D eigenvalue weighted by Crippen LogP contribution is 2.30. The highest BCUT2D eigenvalue weighted by molar-refractivity contribution is 6.34. The van der Waals surface area contributed by atoms with Crippen molar-refractivity contribution in [1.29, 1.82) is 0 Å². The average molecular weight is 295 g/mol. The summed E-state index contributed by atoms with van der Waals surface area (Å²) < 4.78 is 0. The molecule has 1 heterocycles. The Hall–Kier alpha value is -1.93. The van der Waals surface area contributed by atoms with Gasteiger partial charge in [-0.05, 0) is 55.0 Å². The van der Waals surface area contributed by atoms with Crippen molar-refractivity contribution in [3.63, 3.8) is 0 Å². The number of aromatic nitrogens is 2. The molecule has 0 radical (unpaired) electrons. The summed E-state index contributed by atoms with van der Waals surface area (Å²) in [4.78, 5) is 9.21. The molecular weight excluding hydrogens is 280 g/mol. The van der Waals surface area contributed by atoms with Crippen molar-refractivity contribution in [2.45, 2.75) is 26.2 Å². The van der Waals surface area contributed by atoms with Crippen LogP contribution < -0.4 is 0 Å². The van der Waals surface area contributed by atoms with Gasteiger partial charge < -0.3 is 0 Å². The molecule has 0 fully saturated rings. The lowest BCUT2D eigenvalue weighted by Gasteiger charge is -2.08. The summed E-state index contributed by atoms with van der Waals surface area (Å²) in [6.45, 7) is 2.03. The van der Waals surface area contributed by atoms with Gasteiger partial charge in [0, 0.05) is 10.9 Å². The van der Waals surface area contributed by atoms with E-state index in [0.717, 1.165) is 28.5 Å². The number of nitrogens with zero attached hydrogens (tertiary/aromatic N) is 2. The second-order valence-corrected chi connectivity index (χ2v) is 6.00. The second kappa shape index (κ2) is 4.81. The lowest BCUT2D eigenvalue weighted by molar-refractivity contribution is 0.912. The van der Waals surface area contributed by atoms with Crippen LogP contribution in [0.3, 0.4) is 0 Å². The van der Waals surface area contributed by atoms with Gasteiger partial charge >= 0.3 is 0 Å². The molecule has 1 aliphatic rings. The van der Waals surface area contributed by atoms with Gasteiger partial charge in [0.2, 0.25) is 0 Å². The molecule has 3 heteroatoms. The van der Waals surface area contributed by atoms with Gasteiger partial charge in [0.05, 0.1) is 5.52 Å². The Morgan fingerprint density at radius 1 is 1.00 bits per heavy atom. The van der Waals surface area contributed by atoms with E-state index < -0.39 is 0 Å². The van der Waals surface area contributed by atoms with Crippen molar-refractivity contribution < 1.29 is 0 Å². The van der Waals surface area contributed by atoms with Gasteiger partial charge in [-0.2, -0.15) is 0 Å². The Balaban J connectivity index is 1.91. The van der Waals surface area contributed by atoms with Gasteiger partial charge in [-0.3, -0.25) is 0 Å². The predicted molar refractivity (Wildman–Crippen MR) is 86.7 cm³/mol. The first-order valence-electron chi connectivity index (χ1n) is 7.27. The van der Waals surface area contributed by atoms with Crippen molar-refractivity contribution in [2.75, 3.05) is 0 Å². The van der Waals surface area contributed by atoms with Crippen LogP contribution >= 0.6 is 11.6 Å². The Morgan fingerprint density at radius 3 is 2.76 bits per heavy atom. The minimum atomic E-state index is 0.536. The molecular formula is C18H15ClN2. The fraction of sp³-hybridized carbons (Fsp3) is 0.222. The Morgan fingerprint density at radius 2 is 1.86 bits per heavy atom. The summed E-state index contributed by atoms with van der Waals surface area (Å²) >= 11 is 6.38. The minimum absolute atomic E-state index is 0.536. The lowest BCUT2D eigenvalue weighted by atomic mass is 10.1. The largest absolute Gasteiger partial charge is 0.228 e. The number of fused-ring (bicyclic) bond motifs is 2. The number of benzene rings is 2. The maximum atomic E-state index is 6.38. The van der Waals surface area contributed by atoms with Gasteiger partial charge in [-0.15, -0.1) is 0 Å². The molecule has 0 saturated heterocycles. The van der Waals surface area contributed by atoms with Crippen LogP contribution in [0.1, 0.15) is 23.1 Å². The second-order valence-electron chi connectivity index (χ2n) is 5.64. The molecule has 104 valence electrons. The number of rotatable bonds is 1. The number of aryl methyl sites for hydroxylation is 3. The Bertz CT molecular complexity index is 855. The number of hydrogen-bond acceptors (Lipinski definition) is 2. The van der Waals surface area contributed by atoms with Crippen LogP contribution in [0, 0.1) is 6.92 Å². The van der Waals surface area contributed by atoms with Gasteiger partial charge in [-0.1, -0.05) is 35.9 Å². The Labute approximate surface area is 128 Å². The monoisotopic (exact) mass is 294 g/mol. The quantitative estimate of drug-likeness (QED) is 0.605. The van der Waals surface area contributed by atoms with E-state index >= 15 is 0 Å². The van der Waals surface area contributed by atoms with E-state index in [1.54, 1.807) is 0 Å². The maximum absolute atomic E-state index is 6.38. The van der Waals surface area contributed by atoms with Gasteiger partial charge in [0.15, 0.2) is 5.82 Å². The fourth-order valence-electron chi connectivity index (χ4n) is 3.14. The zero-order valence-electron chi connectivity index (χ0n) is 11.9. The molecule has 0 atom stereocenters. The molecule has 4 rings (SSSR count). The summed E-state index contributed by atoms with van der Waals surface area (Å²) in [5, 5.41) is 1.48. The zero-order valence-corrected chi connectivity index (χ0v) is 12.6. The highest BCUT2D eigenvalue weighted by Gasteiger charge is 2.14. The van der Waals surface area contributed by atoms with Gasteiger partial charge in [0.1, 0.15) is 5.15 Å². The summed E-state index contributed by atoms with van der Waals surface area (Å²) in [7, 11) is 0. The molecule has 0 unspecified atom stereocenters. The molecule has 0 spiro atoms. The highest BCUT2D eigenvalue weighted by atomic mass is 35.5. The van der Waals surface area contributed by atoms with Gasteiger partial charge in [-0.25, -0.2) is 9.97 Å². The van der Waals surface area contributed by atoms with Crippen LogP contribution in [-0.2, 0) is 12.8 Å². The van der Waals surface area contributed by atoms with Crippen LogP contribution in [0.15, 0.2) is 36.4 Å². The van der Waals surface area contributed by atoms with E-state index in [2.05, 4.69) is 23.2 Å². The van der Waals surface area contributed by atoms with E-state index in [9.17, 15) is 0 Å².